The minimum atomic E-state index is -4.42. The van der Waals surface area contributed by atoms with Crippen molar-refractivity contribution in [3.05, 3.63) is 92.8 Å². The molecule has 0 bridgehead atoms. The van der Waals surface area contributed by atoms with Crippen LogP contribution in [0.4, 0.5) is 65.9 Å². The van der Waals surface area contributed by atoms with E-state index in [1.807, 2.05) is 0 Å². The molecule has 4 aromatic rings. The van der Waals surface area contributed by atoms with E-state index >= 15 is 30.7 Å². The first-order valence-electron chi connectivity index (χ1n) is 13.2. The quantitative estimate of drug-likeness (QED) is 0.0897. The van der Waals surface area contributed by atoms with E-state index in [1.54, 1.807) is 27.7 Å². The Hall–Kier alpha value is -1.87. The molecule has 0 saturated carbocycles. The summed E-state index contributed by atoms with van der Waals surface area (Å²) in [7, 11) is 6.13. The third kappa shape index (κ3) is 6.73. The average Bonchev–Trinajstić information content (AvgIpc) is 3.07. The Labute approximate surface area is 287 Å². The summed E-state index contributed by atoms with van der Waals surface area (Å²) < 4.78 is 233. The topological polar surface area (TPSA) is 18.5 Å². The van der Waals surface area contributed by atoms with Crippen LogP contribution in [0.15, 0.2) is 0 Å². The third-order valence-electron chi connectivity index (χ3n) is 7.37. The maximum absolute atomic E-state index is 15.5. The van der Waals surface area contributed by atoms with Crippen LogP contribution in [-0.2, 0) is 7.41 Å². The van der Waals surface area contributed by atoms with Gasteiger partial charge in [0.2, 0.25) is 0 Å². The Balaban J connectivity index is 2.04. The number of rotatable bonds is 8. The van der Waals surface area contributed by atoms with Gasteiger partial charge in [-0.2, -0.15) is 0 Å². The predicted molar refractivity (Wildman–Crippen MR) is 171 cm³/mol. The summed E-state index contributed by atoms with van der Waals surface area (Å²) in [5, 5.41) is -3.80. The Bertz CT molecular complexity index is 1700. The second-order valence-corrected chi connectivity index (χ2v) is 14.2. The first kappa shape index (κ1) is 40.9. The molecule has 0 spiro atoms. The minimum absolute atomic E-state index is 0.689. The third-order valence-corrected chi connectivity index (χ3v) is 11.3. The van der Waals surface area contributed by atoms with E-state index in [2.05, 4.69) is 0 Å². The van der Waals surface area contributed by atoms with Crippen molar-refractivity contribution in [2.24, 2.45) is 0 Å². The smallest absolute Gasteiger partial charge is 0.538 e. The second-order valence-electron chi connectivity index (χ2n) is 10.2. The highest BCUT2D eigenvalue weighted by Gasteiger charge is 2.45. The zero-order valence-electron chi connectivity index (χ0n) is 24.5. The molecular weight excluding hydrogens is 802 g/mol. The second kappa shape index (κ2) is 15.2. The molecule has 24 heteroatoms. The molecule has 4 unspecified atom stereocenters. The molecule has 0 aromatic heterocycles. The van der Waals surface area contributed by atoms with Crippen molar-refractivity contribution in [1.29, 1.82) is 0 Å². The maximum atomic E-state index is 15.5. The van der Waals surface area contributed by atoms with E-state index in [9.17, 15) is 35.1 Å². The molecule has 0 N–H and O–H groups in total. The van der Waals surface area contributed by atoms with Crippen LogP contribution in [0, 0.1) is 94.2 Å². The van der Waals surface area contributed by atoms with E-state index in [0.29, 0.717) is 5.79 Å². The van der Waals surface area contributed by atoms with Crippen molar-refractivity contribution in [1.82, 2.24) is 0 Å². The molecule has 50 heavy (non-hydrogen) atoms. The van der Waals surface area contributed by atoms with Gasteiger partial charge in [0.05, 0.1) is 0 Å². The maximum Gasteiger partial charge on any atom is 0.640 e. The molecular formula is C26H14AlB2F15O2P4. The van der Waals surface area contributed by atoms with Gasteiger partial charge in [-0.05, 0) is 17.9 Å². The number of hydrogen-bond donors (Lipinski definition) is 0. The minimum Gasteiger partial charge on any atom is -0.538 e. The fourth-order valence-corrected chi connectivity index (χ4v) is 7.27. The van der Waals surface area contributed by atoms with Crippen LogP contribution in [0.2, 0.25) is 5.79 Å². The van der Waals surface area contributed by atoms with Crippen molar-refractivity contribution in [3.8, 4) is 0 Å². The normalized spacial score (nSPS) is 11.5. The molecule has 0 amide bonds. The van der Waals surface area contributed by atoms with Gasteiger partial charge in [0, 0.05) is 37.6 Å². The molecule has 0 fully saturated rings. The largest absolute Gasteiger partial charge is 0.640 e. The van der Waals surface area contributed by atoms with Crippen LogP contribution < -0.4 is 43.1 Å². The van der Waals surface area contributed by atoms with Gasteiger partial charge in [0.1, 0.15) is 11.6 Å². The van der Waals surface area contributed by atoms with Crippen molar-refractivity contribution < 1.29 is 73.3 Å². The van der Waals surface area contributed by atoms with Crippen molar-refractivity contribution in [3.63, 3.8) is 0 Å². The summed E-state index contributed by atoms with van der Waals surface area (Å²) in [5.74, 6) is -34.3. The van der Waals surface area contributed by atoms with E-state index < -0.39 is 165 Å². The van der Waals surface area contributed by atoms with Gasteiger partial charge >= 0.3 is 28.6 Å². The van der Waals surface area contributed by atoms with E-state index in [-0.39, 0.29) is 0 Å². The van der Waals surface area contributed by atoms with Crippen LogP contribution in [0.25, 0.3) is 0 Å². The Kier molecular flexibility index (Phi) is 12.5. The highest BCUT2D eigenvalue weighted by atomic mass is 31.0. The van der Waals surface area contributed by atoms with Crippen molar-refractivity contribution in [2.75, 3.05) is 0 Å². The molecule has 0 aliphatic heterocycles. The number of halogens is 15. The van der Waals surface area contributed by atoms with Crippen LogP contribution in [0.5, 0.6) is 0 Å². The molecule has 0 aliphatic carbocycles. The summed E-state index contributed by atoms with van der Waals surface area (Å²) in [4.78, 5) is 0. The van der Waals surface area contributed by atoms with Crippen LogP contribution in [0.1, 0.15) is 5.56 Å². The molecule has 4 aromatic carbocycles. The zero-order chi connectivity index (χ0) is 38.0. The summed E-state index contributed by atoms with van der Waals surface area (Å²) in [6.07, 6.45) is 0. The van der Waals surface area contributed by atoms with Crippen molar-refractivity contribution in [2.45, 2.75) is 12.7 Å². The van der Waals surface area contributed by atoms with Crippen LogP contribution in [-0.4, -0.2) is 28.6 Å². The zero-order valence-corrected chi connectivity index (χ0v) is 30.3. The lowest BCUT2D eigenvalue weighted by Gasteiger charge is -2.27. The van der Waals surface area contributed by atoms with E-state index in [1.165, 1.54) is 9.24 Å². The van der Waals surface area contributed by atoms with Crippen molar-refractivity contribution >= 4 is 109 Å². The number of benzene rings is 4. The molecule has 2 nitrogen and oxygen atoms in total. The van der Waals surface area contributed by atoms with Gasteiger partial charge in [-0.3, -0.25) is 0 Å². The average molecular weight is 816 g/mol. The van der Waals surface area contributed by atoms with Crippen LogP contribution >= 0.6 is 37.0 Å². The predicted octanol–water partition coefficient (Wildman–Crippen LogP) is 3.15. The standard InChI is InChI=1S/C13H7BF7OP2.C12H4BF8OP2.CH3.Al/c1-2-3(5(15)8(18)10(20)12(2)23)14(22)4-6(16)9(19)11(21)13(24)7(4)17;14-3-1(4(15)8(19)9(20)7(3)18)13(22)2-5(16)10(21)12(24)11(23)6(2)17;;/h23-24H2,1H3;23-24H2;1H3;/q2*-1;;+2. The SMILES string of the molecule is Cc1c(P)c(F)c(F)c(F)c1B([O][Al]([CH3])[O]B(c1c(F)c(F)c(F)c(F)c1F)c1c(F)c(F)c(P)c(P)c1F)c1c(F)c(F)c(F)c(P)c1F. The molecule has 4 rings (SSSR count). The van der Waals surface area contributed by atoms with Gasteiger partial charge in [0.25, 0.3) is 0 Å². The molecule has 0 saturated heterocycles. The van der Waals surface area contributed by atoms with Gasteiger partial charge in [0.15, 0.2) is 75.6 Å². The monoisotopic (exact) mass is 816 g/mol. The summed E-state index contributed by atoms with van der Waals surface area (Å²) in [6.45, 7) is -5.19. The van der Waals surface area contributed by atoms with Gasteiger partial charge in [-0.1, -0.05) is 15.0 Å². The summed E-state index contributed by atoms with van der Waals surface area (Å²) in [5.41, 5.74) is -7.67. The molecule has 0 heterocycles. The van der Waals surface area contributed by atoms with Gasteiger partial charge in [-0.25, -0.2) is 65.9 Å². The van der Waals surface area contributed by atoms with Gasteiger partial charge in [-0.15, -0.1) is 27.7 Å². The Morgan fingerprint density at radius 2 is 0.620 bits per heavy atom. The Morgan fingerprint density at radius 1 is 0.360 bits per heavy atom. The highest BCUT2D eigenvalue weighted by molar-refractivity contribution is 7.36. The molecule has 264 valence electrons. The first-order chi connectivity index (χ1) is 23.1. The lowest BCUT2D eigenvalue weighted by atomic mass is 9.54. The highest BCUT2D eigenvalue weighted by Crippen LogP contribution is 2.21. The lowest BCUT2D eigenvalue weighted by Crippen LogP contribution is -2.59. The summed E-state index contributed by atoms with van der Waals surface area (Å²) >= 11 is -4.42. The fraction of sp³-hybridized carbons (Fsp3) is 0.0769. The fourth-order valence-electron chi connectivity index (χ4n) is 4.79. The Morgan fingerprint density at radius 3 is 1.08 bits per heavy atom. The first-order valence-corrected chi connectivity index (χ1v) is 17.6. The molecule has 4 atom stereocenters. The van der Waals surface area contributed by atoms with E-state index in [4.69, 9.17) is 7.41 Å². The van der Waals surface area contributed by atoms with Gasteiger partial charge < -0.3 is 7.41 Å². The number of hydrogen-bond acceptors (Lipinski definition) is 2. The lowest BCUT2D eigenvalue weighted by molar-refractivity contribution is 0.381. The van der Waals surface area contributed by atoms with Crippen LogP contribution in [0.3, 0.4) is 0 Å². The summed E-state index contributed by atoms with van der Waals surface area (Å²) in [6, 6.07) is 0. The molecule has 0 aliphatic rings. The molecule has 0 radical (unpaired) electrons. The van der Waals surface area contributed by atoms with E-state index in [0.717, 1.165) is 6.92 Å².